The Morgan fingerprint density at radius 2 is 2.05 bits per heavy atom. The number of amides is 1. The average molecular weight is 290 g/mol. The van der Waals surface area contributed by atoms with Crippen LogP contribution in [0.25, 0.3) is 0 Å². The summed E-state index contributed by atoms with van der Waals surface area (Å²) in [6.07, 6.45) is 6.99. The van der Waals surface area contributed by atoms with Gasteiger partial charge in [-0.1, -0.05) is 25.8 Å². The third kappa shape index (κ3) is 4.70. The van der Waals surface area contributed by atoms with Crippen molar-refractivity contribution in [2.24, 2.45) is 11.7 Å². The summed E-state index contributed by atoms with van der Waals surface area (Å²) in [7, 11) is 0. The lowest BCUT2D eigenvalue weighted by atomic mass is 10.1. The first-order valence-electron chi connectivity index (χ1n) is 7.88. The molecule has 116 valence electrons. The monoisotopic (exact) mass is 290 g/mol. The molecule has 1 aliphatic heterocycles. The Hall–Kier alpha value is -1.62. The van der Waals surface area contributed by atoms with Gasteiger partial charge in [0, 0.05) is 38.3 Å². The minimum Gasteiger partial charge on any atom is -0.357 e. The zero-order chi connectivity index (χ0) is 15.1. The molecule has 0 bridgehead atoms. The van der Waals surface area contributed by atoms with E-state index in [2.05, 4.69) is 21.3 Å². The molecular weight excluding hydrogens is 264 g/mol. The lowest BCUT2D eigenvalue weighted by Gasteiger charge is -2.21. The molecule has 0 aliphatic carbocycles. The number of aromatic nitrogens is 1. The van der Waals surface area contributed by atoms with Gasteiger partial charge in [0.25, 0.3) is 0 Å². The number of nitrogens with two attached hydrogens (primary N) is 1. The highest BCUT2D eigenvalue weighted by Crippen LogP contribution is 2.17. The van der Waals surface area contributed by atoms with Crippen molar-refractivity contribution in [1.29, 1.82) is 0 Å². The molecule has 0 spiro atoms. The first-order chi connectivity index (χ1) is 10.2. The maximum absolute atomic E-state index is 11.7. The van der Waals surface area contributed by atoms with E-state index in [1.165, 1.54) is 25.7 Å². The number of anilines is 1. The number of hydrogen-bond donors (Lipinski definition) is 2. The third-order valence-electron chi connectivity index (χ3n) is 4.01. The molecule has 0 aromatic carbocycles. The zero-order valence-electron chi connectivity index (χ0n) is 12.8. The SMILES string of the molecule is CC(CN)C(=O)NCc1ccc(N2CCCCCC2)nc1. The van der Waals surface area contributed by atoms with Crippen molar-refractivity contribution in [1.82, 2.24) is 10.3 Å². The number of hydrogen-bond acceptors (Lipinski definition) is 4. The summed E-state index contributed by atoms with van der Waals surface area (Å²) < 4.78 is 0. The van der Waals surface area contributed by atoms with Crippen molar-refractivity contribution in [2.45, 2.75) is 39.2 Å². The van der Waals surface area contributed by atoms with Gasteiger partial charge in [-0.15, -0.1) is 0 Å². The minimum atomic E-state index is -0.144. The van der Waals surface area contributed by atoms with Gasteiger partial charge in [-0.2, -0.15) is 0 Å². The van der Waals surface area contributed by atoms with Gasteiger partial charge in [-0.25, -0.2) is 4.98 Å². The van der Waals surface area contributed by atoms with Gasteiger partial charge in [0.2, 0.25) is 5.91 Å². The van der Waals surface area contributed by atoms with Gasteiger partial charge < -0.3 is 16.0 Å². The molecular formula is C16H26N4O. The fraction of sp³-hybridized carbons (Fsp3) is 0.625. The Kier molecular flexibility index (Phi) is 5.99. The normalized spacial score (nSPS) is 17.1. The molecule has 1 aromatic heterocycles. The molecule has 0 radical (unpaired) electrons. The van der Waals surface area contributed by atoms with Gasteiger partial charge in [0.1, 0.15) is 5.82 Å². The Morgan fingerprint density at radius 3 is 2.62 bits per heavy atom. The molecule has 2 rings (SSSR count). The van der Waals surface area contributed by atoms with Gasteiger partial charge in [-0.05, 0) is 24.5 Å². The second-order valence-corrected chi connectivity index (χ2v) is 5.78. The van der Waals surface area contributed by atoms with Crippen molar-refractivity contribution in [3.05, 3.63) is 23.9 Å². The molecule has 5 heteroatoms. The molecule has 5 nitrogen and oxygen atoms in total. The minimum absolute atomic E-state index is 0.00547. The first-order valence-corrected chi connectivity index (χ1v) is 7.88. The van der Waals surface area contributed by atoms with Crippen molar-refractivity contribution in [2.75, 3.05) is 24.5 Å². The quantitative estimate of drug-likeness (QED) is 0.865. The molecule has 2 heterocycles. The van der Waals surface area contributed by atoms with Crippen molar-refractivity contribution >= 4 is 11.7 Å². The van der Waals surface area contributed by atoms with E-state index in [4.69, 9.17) is 5.73 Å². The number of nitrogens with zero attached hydrogens (tertiary/aromatic N) is 2. The molecule has 1 unspecified atom stereocenters. The molecule has 3 N–H and O–H groups in total. The van der Waals surface area contributed by atoms with Crippen molar-refractivity contribution < 1.29 is 4.79 Å². The molecule has 1 aliphatic rings. The lowest BCUT2D eigenvalue weighted by molar-refractivity contribution is -0.124. The number of rotatable bonds is 5. The summed E-state index contributed by atoms with van der Waals surface area (Å²) in [6.45, 7) is 4.90. The summed E-state index contributed by atoms with van der Waals surface area (Å²) in [4.78, 5) is 18.6. The smallest absolute Gasteiger partial charge is 0.224 e. The van der Waals surface area contributed by atoms with E-state index in [1.54, 1.807) is 0 Å². The van der Waals surface area contributed by atoms with Gasteiger partial charge in [-0.3, -0.25) is 4.79 Å². The summed E-state index contributed by atoms with van der Waals surface area (Å²) in [6, 6.07) is 4.10. The summed E-state index contributed by atoms with van der Waals surface area (Å²) in [5, 5.41) is 2.89. The molecule has 1 atom stereocenters. The topological polar surface area (TPSA) is 71.2 Å². The van der Waals surface area contributed by atoms with Crippen LogP contribution in [0.1, 0.15) is 38.2 Å². The maximum Gasteiger partial charge on any atom is 0.224 e. The van der Waals surface area contributed by atoms with Crippen LogP contribution < -0.4 is 16.0 Å². The second-order valence-electron chi connectivity index (χ2n) is 5.78. The molecule has 1 saturated heterocycles. The van der Waals surface area contributed by atoms with E-state index < -0.39 is 0 Å². The van der Waals surface area contributed by atoms with Gasteiger partial charge >= 0.3 is 0 Å². The van der Waals surface area contributed by atoms with Crippen LogP contribution in [0.4, 0.5) is 5.82 Å². The highest BCUT2D eigenvalue weighted by atomic mass is 16.1. The molecule has 1 aromatic rings. The van der Waals surface area contributed by atoms with Crippen LogP contribution in [0.3, 0.4) is 0 Å². The predicted molar refractivity (Wildman–Crippen MR) is 85.0 cm³/mol. The Morgan fingerprint density at radius 1 is 1.33 bits per heavy atom. The number of nitrogens with one attached hydrogen (secondary N) is 1. The van der Waals surface area contributed by atoms with Crippen LogP contribution in [0, 0.1) is 5.92 Å². The van der Waals surface area contributed by atoms with Crippen molar-refractivity contribution in [3.8, 4) is 0 Å². The van der Waals surface area contributed by atoms with E-state index in [0.717, 1.165) is 24.5 Å². The van der Waals surface area contributed by atoms with Crippen LogP contribution in [-0.2, 0) is 11.3 Å². The molecule has 1 amide bonds. The maximum atomic E-state index is 11.7. The van der Waals surface area contributed by atoms with E-state index >= 15 is 0 Å². The van der Waals surface area contributed by atoms with E-state index in [0.29, 0.717) is 13.1 Å². The number of carbonyl (C=O) groups excluding carboxylic acids is 1. The average Bonchev–Trinajstić information content (AvgIpc) is 2.81. The van der Waals surface area contributed by atoms with Crippen LogP contribution in [0.2, 0.25) is 0 Å². The fourth-order valence-electron chi connectivity index (χ4n) is 2.48. The largest absolute Gasteiger partial charge is 0.357 e. The van der Waals surface area contributed by atoms with Crippen molar-refractivity contribution in [3.63, 3.8) is 0 Å². The Labute approximate surface area is 126 Å². The lowest BCUT2D eigenvalue weighted by Crippen LogP contribution is -2.32. The van der Waals surface area contributed by atoms with E-state index in [1.807, 2.05) is 19.2 Å². The molecule has 21 heavy (non-hydrogen) atoms. The van der Waals surface area contributed by atoms with Gasteiger partial charge in [0.05, 0.1) is 0 Å². The molecule has 1 fully saturated rings. The van der Waals surface area contributed by atoms with E-state index in [9.17, 15) is 4.79 Å². The van der Waals surface area contributed by atoms with Crippen LogP contribution >= 0.6 is 0 Å². The van der Waals surface area contributed by atoms with E-state index in [-0.39, 0.29) is 11.8 Å². The summed E-state index contributed by atoms with van der Waals surface area (Å²) >= 11 is 0. The summed E-state index contributed by atoms with van der Waals surface area (Å²) in [5.74, 6) is 0.894. The Bertz CT molecular complexity index is 438. The van der Waals surface area contributed by atoms with Crippen LogP contribution in [0.15, 0.2) is 18.3 Å². The fourth-order valence-corrected chi connectivity index (χ4v) is 2.48. The summed E-state index contributed by atoms with van der Waals surface area (Å²) in [5.41, 5.74) is 6.50. The third-order valence-corrected chi connectivity index (χ3v) is 4.01. The Balaban J connectivity index is 1.88. The highest BCUT2D eigenvalue weighted by molar-refractivity contribution is 5.78. The van der Waals surface area contributed by atoms with Gasteiger partial charge in [0.15, 0.2) is 0 Å². The second kappa shape index (κ2) is 7.98. The zero-order valence-corrected chi connectivity index (χ0v) is 12.8. The number of pyridine rings is 1. The van der Waals surface area contributed by atoms with Crippen LogP contribution in [0.5, 0.6) is 0 Å². The standard InChI is InChI=1S/C16H26N4O/c1-13(10-17)16(21)19-12-14-6-7-15(18-11-14)20-8-4-2-3-5-9-20/h6-7,11,13H,2-5,8-10,12,17H2,1H3,(H,19,21). The predicted octanol–water partition coefficient (Wildman–Crippen LogP) is 1.67. The first kappa shape index (κ1) is 15.8. The number of carbonyl (C=O) groups is 1. The highest BCUT2D eigenvalue weighted by Gasteiger charge is 2.12. The molecule has 0 saturated carbocycles. The van der Waals surface area contributed by atoms with Crippen LogP contribution in [-0.4, -0.2) is 30.5 Å².